The van der Waals surface area contributed by atoms with Crippen LogP contribution in [0.15, 0.2) is 46.0 Å². The number of furan rings is 1. The molecule has 0 spiro atoms. The SMILES string of the molecule is Cc1ccc(Cl)cc1NC(=O)C(C)Sc1nc(N)c(C#N)c(-c2ccco2)c1C#N. The number of nitrogens with two attached hydrogens (primary N) is 1. The van der Waals surface area contributed by atoms with E-state index in [0.29, 0.717) is 16.5 Å². The highest BCUT2D eigenvalue weighted by molar-refractivity contribution is 8.00. The van der Waals surface area contributed by atoms with Gasteiger partial charge in [-0.05, 0) is 43.7 Å². The molecule has 0 saturated carbocycles. The lowest BCUT2D eigenvalue weighted by atomic mass is 10.0. The third-order valence-electron chi connectivity index (χ3n) is 4.30. The summed E-state index contributed by atoms with van der Waals surface area (Å²) in [5.74, 6) is -0.00654. The Morgan fingerprint density at radius 2 is 2.03 bits per heavy atom. The van der Waals surface area contributed by atoms with Crippen molar-refractivity contribution in [3.63, 3.8) is 0 Å². The number of aromatic nitrogens is 1. The lowest BCUT2D eigenvalue weighted by Crippen LogP contribution is -2.23. The smallest absolute Gasteiger partial charge is 0.237 e. The van der Waals surface area contributed by atoms with Gasteiger partial charge in [0.2, 0.25) is 5.91 Å². The summed E-state index contributed by atoms with van der Waals surface area (Å²) in [6.45, 7) is 3.54. The first-order valence-corrected chi connectivity index (χ1v) is 10.0. The molecular formula is C21H16ClN5O2S. The molecule has 1 amide bonds. The second kappa shape index (κ2) is 8.91. The van der Waals surface area contributed by atoms with E-state index < -0.39 is 5.25 Å². The average molecular weight is 438 g/mol. The molecule has 3 rings (SSSR count). The van der Waals surface area contributed by atoms with Gasteiger partial charge in [-0.15, -0.1) is 0 Å². The number of amides is 1. The molecular weight excluding hydrogens is 422 g/mol. The molecule has 0 saturated heterocycles. The maximum atomic E-state index is 12.7. The Bertz CT molecular complexity index is 1200. The quantitative estimate of drug-likeness (QED) is 0.551. The van der Waals surface area contributed by atoms with Crippen molar-refractivity contribution in [1.82, 2.24) is 4.98 Å². The minimum Gasteiger partial charge on any atom is -0.464 e. The van der Waals surface area contributed by atoms with E-state index in [-0.39, 0.29) is 33.4 Å². The van der Waals surface area contributed by atoms with Gasteiger partial charge in [-0.3, -0.25) is 4.79 Å². The Hall–Kier alpha value is -3.46. The standard InChI is InChI=1S/C21H16ClN5O2S/c1-11-5-6-13(22)8-16(11)26-20(28)12(2)30-21-15(10-24)18(17-4-3-7-29-17)14(9-23)19(25)27-21/h3-8,12H,1-2H3,(H2,25,27)(H,26,28). The van der Waals surface area contributed by atoms with Gasteiger partial charge >= 0.3 is 0 Å². The molecule has 0 aliphatic carbocycles. The number of pyridine rings is 1. The number of benzene rings is 1. The second-order valence-electron chi connectivity index (χ2n) is 6.34. The van der Waals surface area contributed by atoms with Gasteiger partial charge in [0.05, 0.1) is 22.6 Å². The van der Waals surface area contributed by atoms with Gasteiger partial charge in [0.1, 0.15) is 34.3 Å². The van der Waals surface area contributed by atoms with Crippen LogP contribution in [-0.4, -0.2) is 16.1 Å². The van der Waals surface area contributed by atoms with Crippen molar-refractivity contribution in [2.45, 2.75) is 24.1 Å². The van der Waals surface area contributed by atoms with Gasteiger partial charge in [-0.1, -0.05) is 29.4 Å². The van der Waals surface area contributed by atoms with Crippen LogP contribution in [0.25, 0.3) is 11.3 Å². The van der Waals surface area contributed by atoms with E-state index in [1.54, 1.807) is 31.2 Å². The fourth-order valence-electron chi connectivity index (χ4n) is 2.73. The highest BCUT2D eigenvalue weighted by Gasteiger charge is 2.25. The number of nitrogens with one attached hydrogen (secondary N) is 1. The van der Waals surface area contributed by atoms with E-state index in [1.165, 1.54) is 6.26 Å². The largest absolute Gasteiger partial charge is 0.464 e. The van der Waals surface area contributed by atoms with Crippen molar-refractivity contribution in [2.24, 2.45) is 0 Å². The van der Waals surface area contributed by atoms with Gasteiger partial charge in [0, 0.05) is 10.7 Å². The van der Waals surface area contributed by atoms with Crippen LogP contribution in [-0.2, 0) is 4.79 Å². The van der Waals surface area contributed by atoms with E-state index in [4.69, 9.17) is 21.8 Å². The Labute approximate surface area is 182 Å². The topological polar surface area (TPSA) is 129 Å². The number of nitrogens with zero attached hydrogens (tertiary/aromatic N) is 3. The molecule has 150 valence electrons. The van der Waals surface area contributed by atoms with Crippen molar-refractivity contribution in [3.8, 4) is 23.5 Å². The molecule has 1 atom stereocenters. The maximum Gasteiger partial charge on any atom is 0.237 e. The summed E-state index contributed by atoms with van der Waals surface area (Å²) in [5, 5.41) is 22.2. The molecule has 3 aromatic rings. The number of thioether (sulfide) groups is 1. The number of hydrogen-bond donors (Lipinski definition) is 2. The molecule has 2 aromatic heterocycles. The van der Waals surface area contributed by atoms with Gasteiger partial charge in [-0.2, -0.15) is 10.5 Å². The van der Waals surface area contributed by atoms with E-state index >= 15 is 0 Å². The van der Waals surface area contributed by atoms with Crippen LogP contribution in [0.1, 0.15) is 23.6 Å². The molecule has 7 nitrogen and oxygen atoms in total. The number of aryl methyl sites for hydroxylation is 1. The minimum atomic E-state index is -0.611. The van der Waals surface area contributed by atoms with Crippen LogP contribution >= 0.6 is 23.4 Å². The summed E-state index contributed by atoms with van der Waals surface area (Å²) >= 11 is 7.08. The average Bonchev–Trinajstić information content (AvgIpc) is 3.24. The van der Waals surface area contributed by atoms with E-state index in [9.17, 15) is 15.3 Å². The summed E-state index contributed by atoms with van der Waals surface area (Å²) in [7, 11) is 0. The van der Waals surface area contributed by atoms with Gasteiger partial charge in [-0.25, -0.2) is 4.98 Å². The molecule has 0 bridgehead atoms. The van der Waals surface area contributed by atoms with Crippen LogP contribution < -0.4 is 11.1 Å². The zero-order chi connectivity index (χ0) is 21.8. The fraction of sp³-hybridized carbons (Fsp3) is 0.143. The third-order valence-corrected chi connectivity index (χ3v) is 5.62. The molecule has 1 aromatic carbocycles. The van der Waals surface area contributed by atoms with Crippen LogP contribution in [0.4, 0.5) is 11.5 Å². The number of nitriles is 2. The lowest BCUT2D eigenvalue weighted by Gasteiger charge is -2.16. The molecule has 30 heavy (non-hydrogen) atoms. The summed E-state index contributed by atoms with van der Waals surface area (Å²) < 4.78 is 5.38. The van der Waals surface area contributed by atoms with Crippen LogP contribution in [0, 0.1) is 29.6 Å². The Morgan fingerprint density at radius 3 is 2.67 bits per heavy atom. The first-order valence-electron chi connectivity index (χ1n) is 8.77. The summed E-state index contributed by atoms with van der Waals surface area (Å²) in [6.07, 6.45) is 1.43. The predicted molar refractivity (Wildman–Crippen MR) is 116 cm³/mol. The lowest BCUT2D eigenvalue weighted by molar-refractivity contribution is -0.115. The first kappa shape index (κ1) is 21.3. The predicted octanol–water partition coefficient (Wildman–Crippen LogP) is 4.75. The molecule has 2 heterocycles. The highest BCUT2D eigenvalue weighted by Crippen LogP contribution is 2.37. The van der Waals surface area contributed by atoms with E-state index in [0.717, 1.165) is 17.3 Å². The minimum absolute atomic E-state index is 0.0382. The highest BCUT2D eigenvalue weighted by atomic mass is 35.5. The zero-order valence-electron chi connectivity index (χ0n) is 16.1. The third kappa shape index (κ3) is 4.25. The number of nitrogen functional groups attached to an aromatic ring is 1. The number of halogens is 1. The van der Waals surface area contributed by atoms with Gasteiger partial charge in [0.25, 0.3) is 0 Å². The molecule has 9 heteroatoms. The summed E-state index contributed by atoms with van der Waals surface area (Å²) in [6, 6.07) is 12.5. The summed E-state index contributed by atoms with van der Waals surface area (Å²) in [4.78, 5) is 16.9. The fourth-order valence-corrected chi connectivity index (χ4v) is 3.82. The Balaban J connectivity index is 1.95. The maximum absolute atomic E-state index is 12.7. The van der Waals surface area contributed by atoms with Crippen molar-refractivity contribution >= 4 is 40.8 Å². The van der Waals surface area contributed by atoms with Crippen molar-refractivity contribution in [1.29, 1.82) is 10.5 Å². The van der Waals surface area contributed by atoms with E-state index in [2.05, 4.69) is 16.4 Å². The summed E-state index contributed by atoms with van der Waals surface area (Å²) in [5.41, 5.74) is 7.87. The van der Waals surface area contributed by atoms with Crippen LogP contribution in [0.3, 0.4) is 0 Å². The number of carbonyl (C=O) groups excluding carboxylic acids is 1. The van der Waals surface area contributed by atoms with Gasteiger partial charge < -0.3 is 15.5 Å². The van der Waals surface area contributed by atoms with Gasteiger partial charge in [0.15, 0.2) is 0 Å². The van der Waals surface area contributed by atoms with Crippen molar-refractivity contribution in [2.75, 3.05) is 11.1 Å². The number of carbonyl (C=O) groups is 1. The van der Waals surface area contributed by atoms with Crippen molar-refractivity contribution in [3.05, 3.63) is 58.3 Å². The van der Waals surface area contributed by atoms with E-state index in [1.807, 2.05) is 19.1 Å². The number of anilines is 2. The van der Waals surface area contributed by atoms with Crippen LogP contribution in [0.5, 0.6) is 0 Å². The first-order chi connectivity index (χ1) is 14.3. The Morgan fingerprint density at radius 1 is 1.30 bits per heavy atom. The Kier molecular flexibility index (Phi) is 6.31. The number of hydrogen-bond acceptors (Lipinski definition) is 7. The molecule has 0 aliphatic rings. The molecule has 0 fully saturated rings. The van der Waals surface area contributed by atoms with Crippen molar-refractivity contribution < 1.29 is 9.21 Å². The monoisotopic (exact) mass is 437 g/mol. The molecule has 0 aliphatic heterocycles. The van der Waals surface area contributed by atoms with Crippen LogP contribution in [0.2, 0.25) is 5.02 Å². The normalized spacial score (nSPS) is 11.4. The molecule has 1 unspecified atom stereocenters. The second-order valence-corrected chi connectivity index (χ2v) is 8.10. The number of rotatable bonds is 5. The zero-order valence-corrected chi connectivity index (χ0v) is 17.6. The molecule has 0 radical (unpaired) electrons. The molecule has 3 N–H and O–H groups in total.